The number of benzene rings is 1. The molecule has 0 aliphatic heterocycles. The summed E-state index contributed by atoms with van der Waals surface area (Å²) in [5.74, 6) is 2.29. The molecule has 0 nitrogen and oxygen atoms in total. The second-order valence-corrected chi connectivity index (χ2v) is 6.88. The summed E-state index contributed by atoms with van der Waals surface area (Å²) in [6, 6.07) is 8.17. The molecule has 17 heavy (non-hydrogen) atoms. The molecule has 94 valence electrons. The summed E-state index contributed by atoms with van der Waals surface area (Å²) in [4.78, 5) is 0. The van der Waals surface area contributed by atoms with Crippen LogP contribution in [0.2, 0.25) is 5.02 Å². The summed E-state index contributed by atoms with van der Waals surface area (Å²) in [6.45, 7) is 0. The number of hydrogen-bond acceptors (Lipinski definition) is 1. The van der Waals surface area contributed by atoms with Gasteiger partial charge in [-0.05, 0) is 29.9 Å². The van der Waals surface area contributed by atoms with Gasteiger partial charge in [-0.25, -0.2) is 0 Å². The van der Waals surface area contributed by atoms with Crippen LogP contribution in [0, 0.1) is 5.41 Å². The Morgan fingerprint density at radius 1 is 1.24 bits per heavy atom. The largest absolute Gasteiger partial charge is 0.157 e. The van der Waals surface area contributed by atoms with E-state index in [0.717, 1.165) is 16.1 Å². The van der Waals surface area contributed by atoms with E-state index in [0.29, 0.717) is 5.41 Å². The van der Waals surface area contributed by atoms with Gasteiger partial charge in [0.15, 0.2) is 0 Å². The van der Waals surface area contributed by atoms with Crippen molar-refractivity contribution in [2.75, 3.05) is 11.1 Å². The minimum atomic E-state index is 0.548. The number of thioether (sulfide) groups is 1. The van der Waals surface area contributed by atoms with Gasteiger partial charge in [-0.3, -0.25) is 0 Å². The van der Waals surface area contributed by atoms with E-state index in [9.17, 15) is 0 Å². The van der Waals surface area contributed by atoms with Gasteiger partial charge in [0.2, 0.25) is 0 Å². The Balaban J connectivity index is 1.85. The van der Waals surface area contributed by atoms with Crippen molar-refractivity contribution < 1.29 is 0 Å². The van der Waals surface area contributed by atoms with Crippen LogP contribution in [0.4, 0.5) is 0 Å². The van der Waals surface area contributed by atoms with Crippen molar-refractivity contribution in [3.63, 3.8) is 0 Å². The van der Waals surface area contributed by atoms with Gasteiger partial charge in [-0.1, -0.05) is 58.6 Å². The molecule has 0 heterocycles. The minimum absolute atomic E-state index is 0.548. The van der Waals surface area contributed by atoms with Gasteiger partial charge < -0.3 is 0 Å². The number of hydrogen-bond donors (Lipinski definition) is 0. The third-order valence-electron chi connectivity index (χ3n) is 3.57. The highest BCUT2D eigenvalue weighted by atomic mass is 79.9. The first-order valence-corrected chi connectivity index (χ1v) is 8.78. The average Bonchev–Trinajstić information content (AvgIpc) is 2.81. The summed E-state index contributed by atoms with van der Waals surface area (Å²) in [5, 5.41) is 2.05. The molecular formula is C14H18BrClS. The van der Waals surface area contributed by atoms with Crippen LogP contribution >= 0.6 is 39.3 Å². The molecule has 0 amide bonds. The standard InChI is InChI=1S/C14H18BrClS/c15-10-14(7-3-4-8-14)11-17-9-12-5-1-2-6-13(12)16/h1-2,5-6H,3-4,7-11H2. The van der Waals surface area contributed by atoms with Crippen LogP contribution in [0.3, 0.4) is 0 Å². The van der Waals surface area contributed by atoms with E-state index in [2.05, 4.69) is 28.1 Å². The van der Waals surface area contributed by atoms with Gasteiger partial charge in [-0.15, -0.1) is 0 Å². The molecule has 3 heteroatoms. The first kappa shape index (κ1) is 13.8. The molecule has 0 saturated heterocycles. The van der Waals surface area contributed by atoms with Crippen molar-refractivity contribution >= 4 is 39.3 Å². The van der Waals surface area contributed by atoms with Crippen LogP contribution in [-0.2, 0) is 5.75 Å². The average molecular weight is 334 g/mol. The lowest BCUT2D eigenvalue weighted by Crippen LogP contribution is -2.21. The third-order valence-corrected chi connectivity index (χ3v) is 6.46. The van der Waals surface area contributed by atoms with Crippen LogP contribution in [0.5, 0.6) is 0 Å². The van der Waals surface area contributed by atoms with Crippen molar-refractivity contribution in [2.45, 2.75) is 31.4 Å². The van der Waals surface area contributed by atoms with Gasteiger partial charge in [-0.2, -0.15) is 11.8 Å². The lowest BCUT2D eigenvalue weighted by atomic mass is 9.92. The van der Waals surface area contributed by atoms with Crippen LogP contribution in [0.1, 0.15) is 31.2 Å². The SMILES string of the molecule is Clc1ccccc1CSCC1(CBr)CCCC1. The van der Waals surface area contributed by atoms with E-state index < -0.39 is 0 Å². The molecule has 1 fully saturated rings. The van der Waals surface area contributed by atoms with Crippen LogP contribution in [-0.4, -0.2) is 11.1 Å². The van der Waals surface area contributed by atoms with E-state index in [-0.39, 0.29) is 0 Å². The number of alkyl halides is 1. The van der Waals surface area contributed by atoms with Crippen LogP contribution in [0.15, 0.2) is 24.3 Å². The van der Waals surface area contributed by atoms with Crippen molar-refractivity contribution in [1.29, 1.82) is 0 Å². The van der Waals surface area contributed by atoms with Gasteiger partial charge in [0, 0.05) is 21.9 Å². The van der Waals surface area contributed by atoms with E-state index in [1.54, 1.807) is 0 Å². The summed E-state index contributed by atoms with van der Waals surface area (Å²) in [7, 11) is 0. The van der Waals surface area contributed by atoms with Crippen LogP contribution < -0.4 is 0 Å². The second-order valence-electron chi connectivity index (χ2n) is 4.92. The maximum atomic E-state index is 6.17. The molecule has 0 unspecified atom stereocenters. The molecule has 0 radical (unpaired) electrons. The predicted octanol–water partition coefficient (Wildman–Crippen LogP) is 5.53. The van der Waals surface area contributed by atoms with E-state index in [4.69, 9.17) is 11.6 Å². The summed E-state index contributed by atoms with van der Waals surface area (Å²) in [5.41, 5.74) is 1.81. The zero-order valence-corrected chi connectivity index (χ0v) is 13.1. The lowest BCUT2D eigenvalue weighted by molar-refractivity contribution is 0.405. The zero-order chi connectivity index (χ0) is 12.1. The zero-order valence-electron chi connectivity index (χ0n) is 9.92. The summed E-state index contributed by atoms with van der Waals surface area (Å²) in [6.07, 6.45) is 5.57. The Kier molecular flexibility index (Phi) is 5.25. The molecule has 0 N–H and O–H groups in total. The highest BCUT2D eigenvalue weighted by Gasteiger charge is 2.32. The van der Waals surface area contributed by atoms with Gasteiger partial charge in [0.1, 0.15) is 0 Å². The Bertz CT molecular complexity index is 361. The van der Waals surface area contributed by atoms with E-state index in [1.165, 1.54) is 37.0 Å². The van der Waals surface area contributed by atoms with Gasteiger partial charge in [0.25, 0.3) is 0 Å². The fourth-order valence-electron chi connectivity index (χ4n) is 2.43. The summed E-state index contributed by atoms with van der Waals surface area (Å²) >= 11 is 11.9. The molecule has 1 aromatic rings. The Hall–Kier alpha value is 0.340. The second kappa shape index (κ2) is 6.49. The molecule has 2 rings (SSSR count). The van der Waals surface area contributed by atoms with Crippen molar-refractivity contribution in [2.24, 2.45) is 5.41 Å². The first-order valence-electron chi connectivity index (χ1n) is 6.13. The fraction of sp³-hybridized carbons (Fsp3) is 0.571. The molecule has 0 spiro atoms. The van der Waals surface area contributed by atoms with Crippen molar-refractivity contribution in [1.82, 2.24) is 0 Å². The Morgan fingerprint density at radius 3 is 2.59 bits per heavy atom. The molecule has 0 bridgehead atoms. The highest BCUT2D eigenvalue weighted by Crippen LogP contribution is 2.42. The molecule has 1 saturated carbocycles. The first-order chi connectivity index (χ1) is 8.26. The quantitative estimate of drug-likeness (QED) is 0.638. The number of rotatable bonds is 5. The maximum absolute atomic E-state index is 6.17. The third kappa shape index (κ3) is 3.65. The van der Waals surface area contributed by atoms with E-state index >= 15 is 0 Å². The molecule has 1 aliphatic carbocycles. The molecular weight excluding hydrogens is 316 g/mol. The van der Waals surface area contributed by atoms with Crippen molar-refractivity contribution in [3.8, 4) is 0 Å². The maximum Gasteiger partial charge on any atom is 0.0446 e. The Morgan fingerprint density at radius 2 is 1.94 bits per heavy atom. The molecule has 0 atom stereocenters. The van der Waals surface area contributed by atoms with Crippen LogP contribution in [0.25, 0.3) is 0 Å². The molecule has 1 aliphatic rings. The predicted molar refractivity (Wildman–Crippen MR) is 82.3 cm³/mol. The van der Waals surface area contributed by atoms with Crippen molar-refractivity contribution in [3.05, 3.63) is 34.9 Å². The lowest BCUT2D eigenvalue weighted by Gasteiger charge is -2.25. The summed E-state index contributed by atoms with van der Waals surface area (Å²) < 4.78 is 0. The number of halogens is 2. The van der Waals surface area contributed by atoms with E-state index in [1.807, 2.05) is 23.9 Å². The Labute approximate surface area is 122 Å². The fourth-order valence-corrected chi connectivity index (χ4v) is 5.14. The van der Waals surface area contributed by atoms with Gasteiger partial charge >= 0.3 is 0 Å². The molecule has 1 aromatic carbocycles. The minimum Gasteiger partial charge on any atom is -0.157 e. The van der Waals surface area contributed by atoms with Gasteiger partial charge in [0.05, 0.1) is 0 Å². The topological polar surface area (TPSA) is 0 Å². The smallest absolute Gasteiger partial charge is 0.0446 e. The monoisotopic (exact) mass is 332 g/mol. The highest BCUT2D eigenvalue weighted by molar-refractivity contribution is 9.09. The molecule has 0 aromatic heterocycles. The normalized spacial score (nSPS) is 18.5.